The van der Waals surface area contributed by atoms with Crippen LogP contribution in [0, 0.1) is 12.3 Å². The smallest absolute Gasteiger partial charge is 0.164 e. The van der Waals surface area contributed by atoms with Gasteiger partial charge in [0.1, 0.15) is 0 Å². The molecule has 19 heavy (non-hydrogen) atoms. The molecule has 1 heterocycles. The largest absolute Gasteiger partial charge is 0.343 e. The number of aryl methyl sites for hydroxylation is 1. The van der Waals surface area contributed by atoms with E-state index in [0.717, 1.165) is 31.2 Å². The van der Waals surface area contributed by atoms with Crippen LogP contribution in [-0.4, -0.2) is 10.4 Å². The summed E-state index contributed by atoms with van der Waals surface area (Å²) >= 11 is 0. The van der Waals surface area contributed by atoms with E-state index in [0.29, 0.717) is 5.78 Å². The van der Waals surface area contributed by atoms with Crippen LogP contribution in [0.15, 0.2) is 6.07 Å². The lowest BCUT2D eigenvalue weighted by Gasteiger charge is -2.37. The van der Waals surface area contributed by atoms with Gasteiger partial charge in [0.05, 0.1) is 0 Å². The van der Waals surface area contributed by atoms with Gasteiger partial charge in [0.25, 0.3) is 0 Å². The van der Waals surface area contributed by atoms with Gasteiger partial charge in [-0.05, 0) is 51.5 Å². The van der Waals surface area contributed by atoms with E-state index in [2.05, 4.69) is 52.2 Å². The minimum atomic E-state index is 0.0630. The summed E-state index contributed by atoms with van der Waals surface area (Å²) in [6, 6.07) is 2.10. The minimum Gasteiger partial charge on any atom is -0.343 e. The van der Waals surface area contributed by atoms with Gasteiger partial charge in [-0.25, -0.2) is 0 Å². The second-order valence-electron chi connectivity index (χ2n) is 7.81. The Hall–Kier alpha value is -1.05. The highest BCUT2D eigenvalue weighted by atomic mass is 16.1. The normalized spacial score (nSPS) is 16.6. The predicted molar refractivity (Wildman–Crippen MR) is 79.8 cm³/mol. The first kappa shape index (κ1) is 14.4. The summed E-state index contributed by atoms with van der Waals surface area (Å²) in [6.07, 6.45) is 3.87. The van der Waals surface area contributed by atoms with E-state index in [4.69, 9.17) is 0 Å². The molecule has 0 atom stereocenters. The lowest BCUT2D eigenvalue weighted by atomic mass is 9.81. The standard InChI is InChI=1S/C17H27NO/c1-12-10-13-14(8-7-9-15(13)19)18(12)17(5,6)11-16(2,3)4/h10H,7-9,11H2,1-6H3. The van der Waals surface area contributed by atoms with Crippen LogP contribution in [0.5, 0.6) is 0 Å². The summed E-state index contributed by atoms with van der Waals surface area (Å²) in [6.45, 7) is 13.6. The van der Waals surface area contributed by atoms with E-state index in [-0.39, 0.29) is 11.0 Å². The molecule has 0 saturated carbocycles. The molecule has 0 aliphatic heterocycles. The number of Topliss-reactive ketones (excluding diaryl/α,β-unsaturated/α-hetero) is 1. The van der Waals surface area contributed by atoms with Crippen LogP contribution < -0.4 is 0 Å². The molecular formula is C17H27NO. The molecule has 0 N–H and O–H groups in total. The van der Waals surface area contributed by atoms with Gasteiger partial charge in [-0.1, -0.05) is 20.8 Å². The third kappa shape index (κ3) is 2.77. The van der Waals surface area contributed by atoms with E-state index in [1.807, 2.05) is 0 Å². The zero-order chi connectivity index (χ0) is 14.4. The fraction of sp³-hybridized carbons (Fsp3) is 0.706. The minimum absolute atomic E-state index is 0.0630. The number of ketones is 1. The van der Waals surface area contributed by atoms with Crippen LogP contribution >= 0.6 is 0 Å². The van der Waals surface area contributed by atoms with Crippen LogP contribution in [0.3, 0.4) is 0 Å². The molecule has 1 aromatic rings. The number of aromatic nitrogens is 1. The highest BCUT2D eigenvalue weighted by Gasteiger charge is 2.32. The highest BCUT2D eigenvalue weighted by molar-refractivity contribution is 5.98. The number of carbonyl (C=O) groups is 1. The molecule has 1 aromatic heterocycles. The van der Waals surface area contributed by atoms with Crippen molar-refractivity contribution in [1.82, 2.24) is 4.57 Å². The molecule has 106 valence electrons. The van der Waals surface area contributed by atoms with Gasteiger partial charge in [-0.3, -0.25) is 4.79 Å². The number of rotatable bonds is 2. The van der Waals surface area contributed by atoms with Crippen molar-refractivity contribution in [2.24, 2.45) is 5.41 Å². The quantitative estimate of drug-likeness (QED) is 0.769. The summed E-state index contributed by atoms with van der Waals surface area (Å²) in [5.74, 6) is 0.328. The average Bonchev–Trinajstić information content (AvgIpc) is 2.52. The number of nitrogens with zero attached hydrogens (tertiary/aromatic N) is 1. The molecule has 2 nitrogen and oxygen atoms in total. The Morgan fingerprint density at radius 2 is 1.79 bits per heavy atom. The van der Waals surface area contributed by atoms with E-state index >= 15 is 0 Å². The second-order valence-corrected chi connectivity index (χ2v) is 7.81. The first-order valence-corrected chi connectivity index (χ1v) is 7.37. The Morgan fingerprint density at radius 1 is 1.16 bits per heavy atom. The van der Waals surface area contributed by atoms with E-state index in [9.17, 15) is 4.79 Å². The lowest BCUT2D eigenvalue weighted by molar-refractivity contribution is 0.0970. The van der Waals surface area contributed by atoms with Crippen molar-refractivity contribution in [3.8, 4) is 0 Å². The third-order valence-electron chi connectivity index (χ3n) is 3.97. The SMILES string of the molecule is Cc1cc2c(n1C(C)(C)CC(C)(C)C)CCCC2=O. The fourth-order valence-corrected chi connectivity index (χ4v) is 3.95. The van der Waals surface area contributed by atoms with Gasteiger partial charge >= 0.3 is 0 Å². The van der Waals surface area contributed by atoms with Gasteiger partial charge in [-0.2, -0.15) is 0 Å². The third-order valence-corrected chi connectivity index (χ3v) is 3.97. The van der Waals surface area contributed by atoms with Crippen LogP contribution in [0.2, 0.25) is 0 Å². The molecule has 0 aromatic carbocycles. The van der Waals surface area contributed by atoms with Crippen molar-refractivity contribution in [2.45, 2.75) is 72.8 Å². The molecule has 0 amide bonds. The number of hydrogen-bond donors (Lipinski definition) is 0. The van der Waals surface area contributed by atoms with Crippen molar-refractivity contribution >= 4 is 5.78 Å². The van der Waals surface area contributed by atoms with Gasteiger partial charge in [0.2, 0.25) is 0 Å². The van der Waals surface area contributed by atoms with Crippen LogP contribution in [0.1, 0.15) is 75.6 Å². The molecular weight excluding hydrogens is 234 g/mol. The molecule has 1 aliphatic rings. The van der Waals surface area contributed by atoms with E-state index < -0.39 is 0 Å². The molecule has 0 radical (unpaired) electrons. The van der Waals surface area contributed by atoms with Gasteiger partial charge < -0.3 is 4.57 Å². The first-order valence-electron chi connectivity index (χ1n) is 7.37. The summed E-state index contributed by atoms with van der Waals surface area (Å²) < 4.78 is 2.42. The summed E-state index contributed by atoms with van der Waals surface area (Å²) in [7, 11) is 0. The van der Waals surface area contributed by atoms with Crippen molar-refractivity contribution in [1.29, 1.82) is 0 Å². The lowest BCUT2D eigenvalue weighted by Crippen LogP contribution is -2.34. The monoisotopic (exact) mass is 261 g/mol. The zero-order valence-electron chi connectivity index (χ0n) is 13.3. The highest BCUT2D eigenvalue weighted by Crippen LogP contribution is 2.37. The zero-order valence-corrected chi connectivity index (χ0v) is 13.3. The molecule has 0 fully saturated rings. The van der Waals surface area contributed by atoms with Crippen LogP contribution in [0.25, 0.3) is 0 Å². The molecule has 0 saturated heterocycles. The Labute approximate surface area is 117 Å². The second kappa shape index (κ2) is 4.50. The number of hydrogen-bond acceptors (Lipinski definition) is 1. The molecule has 2 rings (SSSR count). The molecule has 2 heteroatoms. The van der Waals surface area contributed by atoms with Gasteiger partial charge in [0, 0.05) is 28.9 Å². The van der Waals surface area contributed by atoms with Crippen molar-refractivity contribution in [3.63, 3.8) is 0 Å². The van der Waals surface area contributed by atoms with Crippen LogP contribution in [0.4, 0.5) is 0 Å². The maximum absolute atomic E-state index is 12.0. The van der Waals surface area contributed by atoms with Crippen LogP contribution in [-0.2, 0) is 12.0 Å². The first-order chi connectivity index (χ1) is 8.62. The summed E-state index contributed by atoms with van der Waals surface area (Å²) in [5.41, 5.74) is 3.82. The summed E-state index contributed by atoms with van der Waals surface area (Å²) in [4.78, 5) is 12.0. The molecule has 0 bridgehead atoms. The Kier molecular flexibility index (Phi) is 3.40. The fourth-order valence-electron chi connectivity index (χ4n) is 3.95. The summed E-state index contributed by atoms with van der Waals surface area (Å²) in [5, 5.41) is 0. The molecule has 0 spiro atoms. The van der Waals surface area contributed by atoms with Gasteiger partial charge in [-0.15, -0.1) is 0 Å². The Balaban J connectivity index is 2.48. The van der Waals surface area contributed by atoms with Gasteiger partial charge in [0.15, 0.2) is 5.78 Å². The molecule has 1 aliphatic carbocycles. The maximum Gasteiger partial charge on any atom is 0.164 e. The topological polar surface area (TPSA) is 22.0 Å². The molecule has 0 unspecified atom stereocenters. The maximum atomic E-state index is 12.0. The average molecular weight is 261 g/mol. The van der Waals surface area contributed by atoms with Crippen molar-refractivity contribution < 1.29 is 4.79 Å². The van der Waals surface area contributed by atoms with E-state index in [1.54, 1.807) is 0 Å². The van der Waals surface area contributed by atoms with Crippen molar-refractivity contribution in [2.75, 3.05) is 0 Å². The predicted octanol–water partition coefficient (Wildman–Crippen LogP) is 4.49. The number of fused-ring (bicyclic) bond motifs is 1. The van der Waals surface area contributed by atoms with E-state index in [1.165, 1.54) is 11.4 Å². The Bertz CT molecular complexity index is 500. The Morgan fingerprint density at radius 3 is 2.37 bits per heavy atom. The number of carbonyl (C=O) groups excluding carboxylic acids is 1. The van der Waals surface area contributed by atoms with Crippen molar-refractivity contribution in [3.05, 3.63) is 23.0 Å².